The van der Waals surface area contributed by atoms with E-state index in [9.17, 15) is 23.9 Å². The third kappa shape index (κ3) is 9.36. The number of esters is 2. The predicted molar refractivity (Wildman–Crippen MR) is 117 cm³/mol. The number of ether oxygens (including phenoxy) is 4. The second-order valence-electron chi connectivity index (χ2n) is 9.08. The van der Waals surface area contributed by atoms with Gasteiger partial charge in [0, 0.05) is 0 Å². The third-order valence-electron chi connectivity index (χ3n) is 3.81. The van der Waals surface area contributed by atoms with Gasteiger partial charge in [0.05, 0.1) is 19.8 Å². The maximum atomic E-state index is 13.1. The van der Waals surface area contributed by atoms with E-state index < -0.39 is 42.5 Å². The first-order chi connectivity index (χ1) is 14.1. The van der Waals surface area contributed by atoms with E-state index in [1.807, 2.05) is 0 Å². The molecule has 0 spiro atoms. The highest BCUT2D eigenvalue weighted by Crippen LogP contribution is 2.56. The second kappa shape index (κ2) is 13.1. The van der Waals surface area contributed by atoms with Crippen molar-refractivity contribution in [3.63, 3.8) is 0 Å². The zero-order chi connectivity index (χ0) is 24.6. The van der Waals surface area contributed by atoms with Gasteiger partial charge in [-0.1, -0.05) is 67.0 Å². The highest BCUT2D eigenvalue weighted by atomic mass is 35.5. The Labute approximate surface area is 190 Å². The van der Waals surface area contributed by atoms with Crippen LogP contribution in [0.5, 0.6) is 0 Å². The Bertz CT molecular complexity index is 618. The van der Waals surface area contributed by atoms with E-state index in [0.717, 1.165) is 0 Å². The summed E-state index contributed by atoms with van der Waals surface area (Å²) in [6, 6.07) is 0. The minimum atomic E-state index is -5.54. The van der Waals surface area contributed by atoms with E-state index >= 15 is 0 Å². The molecule has 11 heteroatoms. The van der Waals surface area contributed by atoms with Gasteiger partial charge < -0.3 is 28.7 Å². The van der Waals surface area contributed by atoms with Gasteiger partial charge in [-0.15, -0.1) is 0 Å². The van der Waals surface area contributed by atoms with Gasteiger partial charge in [0.25, 0.3) is 0 Å². The van der Waals surface area contributed by atoms with Crippen molar-refractivity contribution in [2.24, 2.45) is 23.7 Å². The Hall–Kier alpha value is -0.700. The van der Waals surface area contributed by atoms with Crippen LogP contribution in [0.15, 0.2) is 0 Å². The van der Waals surface area contributed by atoms with Gasteiger partial charge in [0.2, 0.25) is 6.10 Å². The molecular formula is C20H38ClO9P. The van der Waals surface area contributed by atoms with Crippen molar-refractivity contribution in [1.29, 1.82) is 0 Å². The van der Waals surface area contributed by atoms with E-state index in [2.05, 4.69) is 0 Å². The summed E-state index contributed by atoms with van der Waals surface area (Å²) in [6.45, 7) is 13.6. The van der Waals surface area contributed by atoms with E-state index in [-0.39, 0.29) is 37.6 Å². The lowest BCUT2D eigenvalue weighted by Gasteiger charge is -2.38. The lowest BCUT2D eigenvalue weighted by atomic mass is 10.1. The Kier molecular flexibility index (Phi) is 12.8. The van der Waals surface area contributed by atoms with E-state index in [0.29, 0.717) is 0 Å². The van der Waals surface area contributed by atoms with Crippen LogP contribution < -0.4 is 0 Å². The summed E-state index contributed by atoms with van der Waals surface area (Å²) in [5, 5.41) is -3.12. The molecule has 0 saturated heterocycles. The van der Waals surface area contributed by atoms with Crippen molar-refractivity contribution in [3.8, 4) is 0 Å². The molecule has 0 radical (unpaired) electrons. The molecule has 0 saturated carbocycles. The number of hydrogen-bond donors (Lipinski definition) is 2. The van der Waals surface area contributed by atoms with Crippen LogP contribution in [0.3, 0.4) is 0 Å². The van der Waals surface area contributed by atoms with Crippen LogP contribution in [0.2, 0.25) is 0 Å². The van der Waals surface area contributed by atoms with Crippen LogP contribution in [-0.2, 0) is 33.1 Å². The van der Waals surface area contributed by atoms with Crippen LogP contribution in [0.25, 0.3) is 0 Å². The minimum absolute atomic E-state index is 0.0485. The monoisotopic (exact) mass is 488 g/mol. The van der Waals surface area contributed by atoms with Gasteiger partial charge in [0.1, 0.15) is 5.56 Å². The number of hydrogen-bond acceptors (Lipinski definition) is 7. The lowest BCUT2D eigenvalue weighted by molar-refractivity contribution is -0.199. The summed E-state index contributed by atoms with van der Waals surface area (Å²) >= 11 is 6.17. The SMILES string of the molecule is CC(C)COC(=O)C(OCC(C)C)C(OC(Cl)C(C)C)(C(=O)OCC(C)C)P(=O)(O)O. The molecule has 0 aromatic carbocycles. The topological polar surface area (TPSA) is 129 Å². The van der Waals surface area contributed by atoms with Crippen molar-refractivity contribution in [1.82, 2.24) is 0 Å². The van der Waals surface area contributed by atoms with Gasteiger partial charge in [0.15, 0.2) is 0 Å². The molecule has 0 bridgehead atoms. The quantitative estimate of drug-likeness (QED) is 0.214. The van der Waals surface area contributed by atoms with Crippen molar-refractivity contribution in [2.75, 3.05) is 19.8 Å². The first-order valence-corrected chi connectivity index (χ1v) is 12.4. The second-order valence-corrected chi connectivity index (χ2v) is 11.3. The maximum Gasteiger partial charge on any atom is 0.372 e. The van der Waals surface area contributed by atoms with E-state index in [1.54, 1.807) is 55.4 Å². The average Bonchev–Trinajstić information content (AvgIpc) is 2.61. The summed E-state index contributed by atoms with van der Waals surface area (Å²) in [7, 11) is -5.54. The third-order valence-corrected chi connectivity index (χ3v) is 5.79. The summed E-state index contributed by atoms with van der Waals surface area (Å²) in [5.41, 5.74) is -1.33. The number of halogens is 1. The van der Waals surface area contributed by atoms with Gasteiger partial charge in [-0.25, -0.2) is 9.59 Å². The smallest absolute Gasteiger partial charge is 0.372 e. The van der Waals surface area contributed by atoms with Crippen LogP contribution in [0.1, 0.15) is 55.4 Å². The molecule has 9 nitrogen and oxygen atoms in total. The largest absolute Gasteiger partial charge is 0.463 e. The minimum Gasteiger partial charge on any atom is -0.463 e. The number of carbonyl (C=O) groups is 2. The standard InChI is InChI=1S/C20H38ClO9P/c1-12(2)9-27-16(18(22)28-10-13(3)4)20(31(24,25)26,30-17(21)15(7)8)19(23)29-11-14(5)6/h12-17H,9-11H2,1-8H3,(H2,24,25,26). The van der Waals surface area contributed by atoms with E-state index in [1.165, 1.54) is 0 Å². The van der Waals surface area contributed by atoms with Crippen molar-refractivity contribution in [3.05, 3.63) is 0 Å². The molecular weight excluding hydrogens is 451 g/mol. The number of rotatable bonds is 14. The maximum absolute atomic E-state index is 13.1. The Morgan fingerprint density at radius 3 is 1.71 bits per heavy atom. The lowest BCUT2D eigenvalue weighted by Crippen LogP contribution is -2.59. The summed E-state index contributed by atoms with van der Waals surface area (Å²) in [6.07, 6.45) is -2.09. The number of carbonyl (C=O) groups excluding carboxylic acids is 2. The molecule has 2 N–H and O–H groups in total. The van der Waals surface area contributed by atoms with Crippen LogP contribution in [0, 0.1) is 23.7 Å². The summed E-state index contributed by atoms with van der Waals surface area (Å²) in [5.74, 6) is -3.37. The van der Waals surface area contributed by atoms with E-state index in [4.69, 9.17) is 30.5 Å². The zero-order valence-electron chi connectivity index (χ0n) is 19.7. The molecule has 3 unspecified atom stereocenters. The van der Waals surface area contributed by atoms with Gasteiger partial charge in [-0.2, -0.15) is 0 Å². The molecule has 0 aliphatic carbocycles. The molecule has 0 aromatic heterocycles. The molecule has 0 rings (SSSR count). The first-order valence-electron chi connectivity index (χ1n) is 10.4. The highest BCUT2D eigenvalue weighted by Gasteiger charge is 2.67. The Balaban J connectivity index is 6.58. The average molecular weight is 489 g/mol. The molecule has 0 aromatic rings. The van der Waals surface area contributed by atoms with Crippen LogP contribution in [-0.4, -0.2) is 58.6 Å². The first kappa shape index (κ1) is 30.3. The molecule has 0 heterocycles. The highest BCUT2D eigenvalue weighted by molar-refractivity contribution is 7.54. The fourth-order valence-corrected chi connectivity index (χ4v) is 3.41. The van der Waals surface area contributed by atoms with Crippen molar-refractivity contribution < 1.29 is 42.9 Å². The molecule has 0 fully saturated rings. The van der Waals surface area contributed by atoms with Gasteiger partial charge in [-0.05, 0) is 23.7 Å². The predicted octanol–water partition coefficient (Wildman–Crippen LogP) is 3.54. The van der Waals surface area contributed by atoms with Crippen molar-refractivity contribution >= 4 is 31.1 Å². The fraction of sp³-hybridized carbons (Fsp3) is 0.900. The molecule has 184 valence electrons. The van der Waals surface area contributed by atoms with Gasteiger partial charge in [-0.3, -0.25) is 4.57 Å². The normalized spacial score (nSPS) is 16.5. The molecule has 0 amide bonds. The fourth-order valence-electron chi connectivity index (χ4n) is 2.16. The van der Waals surface area contributed by atoms with Crippen LogP contribution >= 0.6 is 19.2 Å². The Morgan fingerprint density at radius 1 is 0.871 bits per heavy atom. The molecule has 0 aliphatic rings. The zero-order valence-corrected chi connectivity index (χ0v) is 21.3. The molecule has 0 aliphatic heterocycles. The molecule has 3 atom stereocenters. The summed E-state index contributed by atoms with van der Waals surface area (Å²) in [4.78, 5) is 46.6. The van der Waals surface area contributed by atoms with Crippen molar-refractivity contribution in [2.45, 2.75) is 72.4 Å². The Morgan fingerprint density at radius 2 is 1.32 bits per heavy atom. The number of alkyl halides is 1. The summed E-state index contributed by atoms with van der Waals surface area (Å²) < 4.78 is 34.1. The van der Waals surface area contributed by atoms with Crippen LogP contribution in [0.4, 0.5) is 0 Å². The van der Waals surface area contributed by atoms with Gasteiger partial charge >= 0.3 is 24.9 Å². The molecule has 31 heavy (non-hydrogen) atoms.